The molecule has 6 heteroatoms. The van der Waals surface area contributed by atoms with Gasteiger partial charge in [0.2, 0.25) is 0 Å². The van der Waals surface area contributed by atoms with Crippen molar-refractivity contribution in [2.75, 3.05) is 38.2 Å². The molecular weight excluding hydrogens is 296 g/mol. The van der Waals surface area contributed by atoms with Gasteiger partial charge in [-0.05, 0) is 19.4 Å². The molecule has 0 radical (unpaired) electrons. The highest BCUT2D eigenvalue weighted by atomic mass is 32.1. The Balaban J connectivity index is 1.95. The molecule has 0 saturated carbocycles. The molecule has 1 N–H and O–H groups in total. The normalized spacial score (nSPS) is 15.9. The van der Waals surface area contributed by atoms with Gasteiger partial charge in [-0.2, -0.15) is 0 Å². The van der Waals surface area contributed by atoms with Crippen LogP contribution < -0.4 is 5.32 Å². The number of rotatable bonds is 4. The van der Waals surface area contributed by atoms with Gasteiger partial charge in [-0.3, -0.25) is 4.90 Å². The average molecular weight is 316 g/mol. The highest BCUT2D eigenvalue weighted by Crippen LogP contribution is 2.33. The van der Waals surface area contributed by atoms with Crippen LogP contribution in [0.1, 0.15) is 16.3 Å². The Labute approximate surface area is 134 Å². The van der Waals surface area contributed by atoms with Crippen LogP contribution in [0.2, 0.25) is 0 Å². The fourth-order valence-corrected chi connectivity index (χ4v) is 3.63. The fraction of sp³-hybridized carbons (Fsp3) is 0.500. The number of terminal acetylenes is 1. The molecule has 1 saturated heterocycles. The Bertz CT molecular complexity index is 713. The van der Waals surface area contributed by atoms with Crippen LogP contribution in [0.25, 0.3) is 10.2 Å². The number of morpholine rings is 1. The summed E-state index contributed by atoms with van der Waals surface area (Å²) in [6.07, 6.45) is 5.38. The summed E-state index contributed by atoms with van der Waals surface area (Å²) in [5, 5.41) is 4.35. The maximum absolute atomic E-state index is 5.39. The van der Waals surface area contributed by atoms with Crippen LogP contribution in [0.15, 0.2) is 0 Å². The molecule has 0 unspecified atom stereocenters. The lowest BCUT2D eigenvalue weighted by atomic mass is 10.2. The van der Waals surface area contributed by atoms with Crippen LogP contribution in [-0.4, -0.2) is 47.7 Å². The van der Waals surface area contributed by atoms with Crippen molar-refractivity contribution >= 4 is 27.4 Å². The number of nitrogens with one attached hydrogen (secondary N) is 1. The Morgan fingerprint density at radius 3 is 2.82 bits per heavy atom. The van der Waals surface area contributed by atoms with E-state index >= 15 is 0 Å². The van der Waals surface area contributed by atoms with E-state index in [0.717, 1.165) is 54.7 Å². The topological polar surface area (TPSA) is 50.3 Å². The number of anilines is 1. The Morgan fingerprint density at radius 2 is 2.09 bits per heavy atom. The molecule has 3 heterocycles. The van der Waals surface area contributed by atoms with Crippen molar-refractivity contribution in [2.45, 2.75) is 20.4 Å². The zero-order chi connectivity index (χ0) is 15.5. The monoisotopic (exact) mass is 316 g/mol. The molecule has 116 valence electrons. The van der Waals surface area contributed by atoms with Gasteiger partial charge in [0.15, 0.2) is 0 Å². The molecule has 0 bridgehead atoms. The van der Waals surface area contributed by atoms with E-state index in [2.05, 4.69) is 30.0 Å². The van der Waals surface area contributed by atoms with E-state index in [1.807, 2.05) is 0 Å². The molecule has 0 spiro atoms. The summed E-state index contributed by atoms with van der Waals surface area (Å²) in [4.78, 5) is 14.1. The molecule has 5 nitrogen and oxygen atoms in total. The van der Waals surface area contributed by atoms with Crippen molar-refractivity contribution in [3.8, 4) is 12.3 Å². The summed E-state index contributed by atoms with van der Waals surface area (Å²) in [5.74, 6) is 4.31. The number of hydrogen-bond donors (Lipinski definition) is 1. The summed E-state index contributed by atoms with van der Waals surface area (Å²) in [7, 11) is 0. The number of ether oxygens (including phenoxy) is 1. The third kappa shape index (κ3) is 3.07. The van der Waals surface area contributed by atoms with Gasteiger partial charge in [-0.15, -0.1) is 17.8 Å². The van der Waals surface area contributed by atoms with Crippen molar-refractivity contribution < 1.29 is 4.74 Å². The molecule has 0 aliphatic carbocycles. The molecule has 0 amide bonds. The molecule has 0 atom stereocenters. The van der Waals surface area contributed by atoms with E-state index < -0.39 is 0 Å². The minimum atomic E-state index is 0.470. The summed E-state index contributed by atoms with van der Waals surface area (Å²) >= 11 is 1.72. The second-order valence-electron chi connectivity index (χ2n) is 5.40. The van der Waals surface area contributed by atoms with Crippen LogP contribution in [0.5, 0.6) is 0 Å². The van der Waals surface area contributed by atoms with Crippen LogP contribution in [-0.2, 0) is 11.3 Å². The van der Waals surface area contributed by atoms with Crippen LogP contribution in [0.3, 0.4) is 0 Å². The van der Waals surface area contributed by atoms with Crippen LogP contribution in [0.4, 0.5) is 5.82 Å². The first-order valence-corrected chi connectivity index (χ1v) is 8.24. The third-order valence-corrected chi connectivity index (χ3v) is 5.00. The molecule has 0 aromatic carbocycles. The molecule has 2 aromatic heterocycles. The van der Waals surface area contributed by atoms with E-state index in [-0.39, 0.29) is 0 Å². The standard InChI is InChI=1S/C16H20N4OS/c1-4-5-17-15-14-11(2)12(3)22-16(14)19-13(18-15)10-20-6-8-21-9-7-20/h1H,5-10H2,2-3H3,(H,17,18,19). The van der Waals surface area contributed by atoms with Crippen molar-refractivity contribution in [1.82, 2.24) is 14.9 Å². The molecule has 1 aliphatic heterocycles. The maximum atomic E-state index is 5.39. The maximum Gasteiger partial charge on any atom is 0.146 e. The van der Waals surface area contributed by atoms with Crippen molar-refractivity contribution in [3.05, 3.63) is 16.3 Å². The lowest BCUT2D eigenvalue weighted by molar-refractivity contribution is 0.0331. The lowest BCUT2D eigenvalue weighted by Crippen LogP contribution is -2.36. The molecule has 1 fully saturated rings. The number of nitrogens with zero attached hydrogens (tertiary/aromatic N) is 3. The van der Waals surface area contributed by atoms with Gasteiger partial charge in [-0.25, -0.2) is 9.97 Å². The number of aryl methyl sites for hydroxylation is 2. The largest absolute Gasteiger partial charge is 0.379 e. The van der Waals surface area contributed by atoms with Crippen molar-refractivity contribution in [2.24, 2.45) is 0 Å². The van der Waals surface area contributed by atoms with Gasteiger partial charge in [0, 0.05) is 18.0 Å². The number of thiophene rings is 1. The molecule has 2 aromatic rings. The van der Waals surface area contributed by atoms with Crippen LogP contribution in [0, 0.1) is 26.2 Å². The van der Waals surface area contributed by atoms with Gasteiger partial charge in [-0.1, -0.05) is 5.92 Å². The predicted octanol–water partition coefficient (Wildman–Crippen LogP) is 2.19. The SMILES string of the molecule is C#CCNc1nc(CN2CCOCC2)nc2sc(C)c(C)c12. The summed E-state index contributed by atoms with van der Waals surface area (Å²) in [6, 6.07) is 0. The smallest absolute Gasteiger partial charge is 0.146 e. The second-order valence-corrected chi connectivity index (χ2v) is 6.60. The molecule has 3 rings (SSSR count). The van der Waals surface area contributed by atoms with Gasteiger partial charge < -0.3 is 10.1 Å². The van der Waals surface area contributed by atoms with Crippen molar-refractivity contribution in [1.29, 1.82) is 0 Å². The summed E-state index contributed by atoms with van der Waals surface area (Å²) < 4.78 is 5.39. The number of aromatic nitrogens is 2. The molecule has 22 heavy (non-hydrogen) atoms. The second kappa shape index (κ2) is 6.61. The molecule has 1 aliphatic rings. The van der Waals surface area contributed by atoms with E-state index in [0.29, 0.717) is 6.54 Å². The average Bonchev–Trinajstić information content (AvgIpc) is 2.81. The first-order valence-electron chi connectivity index (χ1n) is 7.43. The zero-order valence-electron chi connectivity index (χ0n) is 13.0. The minimum Gasteiger partial charge on any atom is -0.379 e. The van der Waals surface area contributed by atoms with Gasteiger partial charge in [0.1, 0.15) is 16.5 Å². The quantitative estimate of drug-likeness (QED) is 0.876. The van der Waals surface area contributed by atoms with E-state index in [1.54, 1.807) is 11.3 Å². The zero-order valence-corrected chi connectivity index (χ0v) is 13.8. The predicted molar refractivity (Wildman–Crippen MR) is 90.3 cm³/mol. The van der Waals surface area contributed by atoms with Gasteiger partial charge in [0.05, 0.1) is 31.7 Å². The Morgan fingerprint density at radius 1 is 1.32 bits per heavy atom. The minimum absolute atomic E-state index is 0.470. The summed E-state index contributed by atoms with van der Waals surface area (Å²) in [6.45, 7) is 8.86. The number of hydrogen-bond acceptors (Lipinski definition) is 6. The molecular formula is C16H20N4OS. The van der Waals surface area contributed by atoms with Crippen LogP contribution >= 0.6 is 11.3 Å². The first-order chi connectivity index (χ1) is 10.7. The highest BCUT2D eigenvalue weighted by molar-refractivity contribution is 7.18. The van der Waals surface area contributed by atoms with E-state index in [4.69, 9.17) is 21.1 Å². The van der Waals surface area contributed by atoms with E-state index in [1.165, 1.54) is 10.4 Å². The number of fused-ring (bicyclic) bond motifs is 1. The van der Waals surface area contributed by atoms with Crippen molar-refractivity contribution in [3.63, 3.8) is 0 Å². The first kappa shape index (κ1) is 15.2. The fourth-order valence-electron chi connectivity index (χ4n) is 2.59. The highest BCUT2D eigenvalue weighted by Gasteiger charge is 2.17. The van der Waals surface area contributed by atoms with Gasteiger partial charge >= 0.3 is 0 Å². The Kier molecular flexibility index (Phi) is 4.57. The van der Waals surface area contributed by atoms with E-state index in [9.17, 15) is 0 Å². The van der Waals surface area contributed by atoms with Gasteiger partial charge in [0.25, 0.3) is 0 Å². The summed E-state index contributed by atoms with van der Waals surface area (Å²) in [5.41, 5.74) is 1.23. The Hall–Kier alpha value is -1.68. The third-order valence-electron chi connectivity index (χ3n) is 3.90. The lowest BCUT2D eigenvalue weighted by Gasteiger charge is -2.25.